The molecule has 114 valence electrons. The molecule has 0 radical (unpaired) electrons. The molecule has 0 bridgehead atoms. The van der Waals surface area contributed by atoms with Crippen LogP contribution in [0.1, 0.15) is 36.8 Å². The Morgan fingerprint density at radius 2 is 2.18 bits per heavy atom. The van der Waals surface area contributed by atoms with Crippen molar-refractivity contribution in [1.82, 2.24) is 15.0 Å². The lowest BCUT2D eigenvalue weighted by Crippen LogP contribution is -2.14. The van der Waals surface area contributed by atoms with Crippen molar-refractivity contribution in [3.8, 4) is 0 Å². The van der Waals surface area contributed by atoms with Gasteiger partial charge in [-0.1, -0.05) is 19.9 Å². The number of carbonyl (C=O) groups excluding carboxylic acids is 1. The van der Waals surface area contributed by atoms with Crippen molar-refractivity contribution in [3.05, 3.63) is 40.7 Å². The second-order valence-electron chi connectivity index (χ2n) is 5.65. The highest BCUT2D eigenvalue weighted by molar-refractivity contribution is 7.13. The Balaban J connectivity index is 1.74. The number of hydrogen-bond donors (Lipinski definition) is 2. The van der Waals surface area contributed by atoms with Gasteiger partial charge in [0.25, 0.3) is 0 Å². The van der Waals surface area contributed by atoms with Gasteiger partial charge in [0.15, 0.2) is 5.13 Å². The van der Waals surface area contributed by atoms with Crippen LogP contribution in [0.15, 0.2) is 23.6 Å². The van der Waals surface area contributed by atoms with Crippen molar-refractivity contribution >= 4 is 33.4 Å². The molecule has 0 atom stereocenters. The summed E-state index contributed by atoms with van der Waals surface area (Å²) < 4.78 is 0. The van der Waals surface area contributed by atoms with Crippen LogP contribution in [0.4, 0.5) is 5.13 Å². The molecular weight excluding hydrogens is 296 g/mol. The van der Waals surface area contributed by atoms with Gasteiger partial charge >= 0.3 is 0 Å². The van der Waals surface area contributed by atoms with Crippen molar-refractivity contribution in [2.24, 2.45) is 0 Å². The molecule has 2 N–H and O–H groups in total. The topological polar surface area (TPSA) is 70.7 Å². The van der Waals surface area contributed by atoms with Gasteiger partial charge in [-0.2, -0.15) is 0 Å². The van der Waals surface area contributed by atoms with Crippen molar-refractivity contribution in [1.29, 1.82) is 0 Å². The van der Waals surface area contributed by atoms with Crippen LogP contribution in [0.25, 0.3) is 11.0 Å². The highest BCUT2D eigenvalue weighted by Crippen LogP contribution is 2.19. The fourth-order valence-corrected chi connectivity index (χ4v) is 2.92. The largest absolute Gasteiger partial charge is 0.342 e. The molecule has 0 unspecified atom stereocenters. The lowest BCUT2D eigenvalue weighted by molar-refractivity contribution is -0.115. The quantitative estimate of drug-likeness (QED) is 0.772. The average Bonchev–Trinajstić information content (AvgIpc) is 3.04. The molecule has 0 aliphatic heterocycles. The number of benzene rings is 1. The minimum atomic E-state index is -0.0581. The van der Waals surface area contributed by atoms with E-state index in [4.69, 9.17) is 0 Å². The summed E-state index contributed by atoms with van der Waals surface area (Å²) in [6, 6.07) is 5.88. The average molecular weight is 314 g/mol. The first-order valence-electron chi connectivity index (χ1n) is 7.22. The molecule has 0 saturated heterocycles. The van der Waals surface area contributed by atoms with E-state index in [1.165, 1.54) is 11.3 Å². The molecule has 6 heteroatoms. The summed E-state index contributed by atoms with van der Waals surface area (Å²) in [4.78, 5) is 24.2. The van der Waals surface area contributed by atoms with Crippen LogP contribution in [-0.4, -0.2) is 20.9 Å². The van der Waals surface area contributed by atoms with E-state index in [0.29, 0.717) is 17.5 Å². The molecule has 5 nitrogen and oxygen atoms in total. The SMILES string of the molecule is Cc1csc(NC(=O)Cc2ccc3nc(C(C)C)[nH]c3c2)n1. The van der Waals surface area contributed by atoms with Gasteiger partial charge in [-0.05, 0) is 24.6 Å². The molecule has 0 aliphatic carbocycles. The number of amides is 1. The van der Waals surface area contributed by atoms with Crippen molar-refractivity contribution < 1.29 is 4.79 Å². The predicted octanol–water partition coefficient (Wildman–Crippen LogP) is 3.63. The first-order chi connectivity index (χ1) is 10.5. The number of thiazole rings is 1. The summed E-state index contributed by atoms with van der Waals surface area (Å²) in [6.45, 7) is 6.11. The van der Waals surface area contributed by atoms with Crippen LogP contribution in [0, 0.1) is 6.92 Å². The minimum Gasteiger partial charge on any atom is -0.342 e. The number of carbonyl (C=O) groups is 1. The predicted molar refractivity (Wildman–Crippen MR) is 89.4 cm³/mol. The van der Waals surface area contributed by atoms with E-state index < -0.39 is 0 Å². The van der Waals surface area contributed by atoms with Crippen LogP contribution in [0.5, 0.6) is 0 Å². The number of aryl methyl sites for hydroxylation is 1. The molecule has 0 aliphatic rings. The van der Waals surface area contributed by atoms with Gasteiger partial charge in [0.05, 0.1) is 23.1 Å². The number of nitrogens with one attached hydrogen (secondary N) is 2. The molecule has 0 fully saturated rings. The molecule has 0 saturated carbocycles. The van der Waals surface area contributed by atoms with Crippen LogP contribution >= 0.6 is 11.3 Å². The molecule has 1 aromatic carbocycles. The summed E-state index contributed by atoms with van der Waals surface area (Å²) in [5, 5.41) is 5.39. The number of aromatic amines is 1. The van der Waals surface area contributed by atoms with Crippen molar-refractivity contribution in [2.45, 2.75) is 33.1 Å². The zero-order valence-corrected chi connectivity index (χ0v) is 13.6. The number of fused-ring (bicyclic) bond motifs is 1. The van der Waals surface area contributed by atoms with Gasteiger partial charge < -0.3 is 10.3 Å². The molecule has 1 amide bonds. The Hall–Kier alpha value is -2.21. The summed E-state index contributed by atoms with van der Waals surface area (Å²) in [5.41, 5.74) is 3.78. The third-order valence-corrected chi connectivity index (χ3v) is 4.22. The van der Waals surface area contributed by atoms with E-state index in [0.717, 1.165) is 28.1 Å². The smallest absolute Gasteiger partial charge is 0.230 e. The van der Waals surface area contributed by atoms with E-state index in [9.17, 15) is 4.79 Å². The Morgan fingerprint density at radius 3 is 2.86 bits per heavy atom. The van der Waals surface area contributed by atoms with Gasteiger partial charge in [0, 0.05) is 11.3 Å². The van der Waals surface area contributed by atoms with E-state index in [1.54, 1.807) is 0 Å². The maximum atomic E-state index is 12.1. The highest BCUT2D eigenvalue weighted by Gasteiger charge is 2.10. The minimum absolute atomic E-state index is 0.0581. The normalized spacial score (nSPS) is 11.3. The Labute approximate surface area is 132 Å². The number of aromatic nitrogens is 3. The van der Waals surface area contributed by atoms with Gasteiger partial charge in [-0.25, -0.2) is 9.97 Å². The van der Waals surface area contributed by atoms with E-state index >= 15 is 0 Å². The maximum absolute atomic E-state index is 12.1. The number of hydrogen-bond acceptors (Lipinski definition) is 4. The standard InChI is InChI=1S/C16H18N4OS/c1-9(2)15-18-12-5-4-11(6-13(12)19-15)7-14(21)20-16-17-10(3)8-22-16/h4-6,8-9H,7H2,1-3H3,(H,18,19)(H,17,20,21). The van der Waals surface area contributed by atoms with Crippen molar-refractivity contribution in [2.75, 3.05) is 5.32 Å². The summed E-state index contributed by atoms with van der Waals surface area (Å²) in [5.74, 6) is 1.26. The Morgan fingerprint density at radius 1 is 1.36 bits per heavy atom. The lowest BCUT2D eigenvalue weighted by Gasteiger charge is -2.02. The van der Waals surface area contributed by atoms with Crippen LogP contribution in [0.2, 0.25) is 0 Å². The van der Waals surface area contributed by atoms with E-state index in [2.05, 4.69) is 34.1 Å². The molecule has 2 heterocycles. The molecular formula is C16H18N4OS. The molecule has 3 aromatic rings. The van der Waals surface area contributed by atoms with E-state index in [1.807, 2.05) is 30.5 Å². The molecule has 22 heavy (non-hydrogen) atoms. The molecule has 3 rings (SSSR count). The first-order valence-corrected chi connectivity index (χ1v) is 8.10. The number of anilines is 1. The van der Waals surface area contributed by atoms with Gasteiger partial charge in [0.2, 0.25) is 5.91 Å². The van der Waals surface area contributed by atoms with Gasteiger partial charge in [-0.3, -0.25) is 4.79 Å². The number of H-pyrrole nitrogens is 1. The fraction of sp³-hybridized carbons (Fsp3) is 0.312. The second kappa shape index (κ2) is 5.88. The summed E-state index contributed by atoms with van der Waals surface area (Å²) in [7, 11) is 0. The third-order valence-electron chi connectivity index (χ3n) is 3.34. The monoisotopic (exact) mass is 314 g/mol. The van der Waals surface area contributed by atoms with Crippen LogP contribution < -0.4 is 5.32 Å². The summed E-state index contributed by atoms with van der Waals surface area (Å²) in [6.07, 6.45) is 0.324. The first kappa shape index (κ1) is 14.7. The summed E-state index contributed by atoms with van der Waals surface area (Å²) >= 11 is 1.44. The zero-order valence-electron chi connectivity index (χ0n) is 12.8. The zero-order chi connectivity index (χ0) is 15.7. The van der Waals surface area contributed by atoms with Crippen molar-refractivity contribution in [3.63, 3.8) is 0 Å². The third kappa shape index (κ3) is 3.17. The van der Waals surface area contributed by atoms with Crippen LogP contribution in [-0.2, 0) is 11.2 Å². The van der Waals surface area contributed by atoms with E-state index in [-0.39, 0.29) is 5.91 Å². The number of nitrogens with zero attached hydrogens (tertiary/aromatic N) is 2. The number of rotatable bonds is 4. The van der Waals surface area contributed by atoms with Gasteiger partial charge in [-0.15, -0.1) is 11.3 Å². The molecule has 2 aromatic heterocycles. The Bertz CT molecular complexity index is 819. The van der Waals surface area contributed by atoms with Gasteiger partial charge in [0.1, 0.15) is 5.82 Å². The van der Waals surface area contributed by atoms with Crippen LogP contribution in [0.3, 0.4) is 0 Å². The lowest BCUT2D eigenvalue weighted by atomic mass is 10.1. The highest BCUT2D eigenvalue weighted by atomic mass is 32.1. The second-order valence-corrected chi connectivity index (χ2v) is 6.51. The maximum Gasteiger partial charge on any atom is 0.230 e. The fourth-order valence-electron chi connectivity index (χ4n) is 2.22. The Kier molecular flexibility index (Phi) is 3.94. The number of imidazole rings is 1. The molecule has 0 spiro atoms.